The van der Waals surface area contributed by atoms with Crippen LogP contribution in [0.2, 0.25) is 0 Å². The number of hydrogen-bond donors (Lipinski definition) is 1. The first kappa shape index (κ1) is 13.4. The van der Waals surface area contributed by atoms with Crippen LogP contribution in [0.5, 0.6) is 0 Å². The SMILES string of the molecule is Cc1cccc(C)c1N1CCCC(NC(C)C)C1. The van der Waals surface area contributed by atoms with Crippen molar-refractivity contribution in [3.63, 3.8) is 0 Å². The number of hydrogen-bond acceptors (Lipinski definition) is 2. The predicted molar refractivity (Wildman–Crippen MR) is 79.4 cm³/mol. The summed E-state index contributed by atoms with van der Waals surface area (Å²) >= 11 is 0. The topological polar surface area (TPSA) is 15.3 Å². The first-order valence-corrected chi connectivity index (χ1v) is 7.15. The lowest BCUT2D eigenvalue weighted by atomic mass is 10.0. The van der Waals surface area contributed by atoms with Crippen LogP contribution in [0.15, 0.2) is 18.2 Å². The minimum atomic E-state index is 0.577. The highest BCUT2D eigenvalue weighted by atomic mass is 15.2. The molecule has 100 valence electrons. The van der Waals surface area contributed by atoms with Gasteiger partial charge in [-0.2, -0.15) is 0 Å². The number of aryl methyl sites for hydroxylation is 2. The quantitative estimate of drug-likeness (QED) is 0.880. The molecule has 18 heavy (non-hydrogen) atoms. The van der Waals surface area contributed by atoms with Crippen LogP contribution in [0.3, 0.4) is 0 Å². The Morgan fingerprint density at radius 1 is 1.22 bits per heavy atom. The van der Waals surface area contributed by atoms with Crippen LogP contribution < -0.4 is 10.2 Å². The van der Waals surface area contributed by atoms with Crippen LogP contribution in [-0.2, 0) is 0 Å². The first-order chi connectivity index (χ1) is 8.58. The van der Waals surface area contributed by atoms with Crippen molar-refractivity contribution in [1.82, 2.24) is 5.32 Å². The van der Waals surface area contributed by atoms with E-state index in [-0.39, 0.29) is 0 Å². The van der Waals surface area contributed by atoms with E-state index < -0.39 is 0 Å². The fraction of sp³-hybridized carbons (Fsp3) is 0.625. The van der Waals surface area contributed by atoms with Crippen molar-refractivity contribution in [1.29, 1.82) is 0 Å². The normalized spacial score (nSPS) is 20.5. The van der Waals surface area contributed by atoms with Gasteiger partial charge >= 0.3 is 0 Å². The summed E-state index contributed by atoms with van der Waals surface area (Å²) in [5, 5.41) is 3.68. The van der Waals surface area contributed by atoms with Crippen LogP contribution in [-0.4, -0.2) is 25.2 Å². The van der Waals surface area contributed by atoms with E-state index in [0.29, 0.717) is 12.1 Å². The van der Waals surface area contributed by atoms with E-state index in [1.165, 1.54) is 36.2 Å². The van der Waals surface area contributed by atoms with Gasteiger partial charge in [0, 0.05) is 30.9 Å². The van der Waals surface area contributed by atoms with E-state index in [2.05, 4.69) is 56.1 Å². The standard InChI is InChI=1S/C16H26N2/c1-12(2)17-15-9-6-10-18(11-15)16-13(3)7-5-8-14(16)4/h5,7-8,12,15,17H,6,9-11H2,1-4H3. The lowest BCUT2D eigenvalue weighted by Gasteiger charge is -2.37. The van der Waals surface area contributed by atoms with Crippen LogP contribution in [0.4, 0.5) is 5.69 Å². The number of nitrogens with zero attached hydrogens (tertiary/aromatic N) is 1. The van der Waals surface area contributed by atoms with Gasteiger partial charge in [-0.1, -0.05) is 32.0 Å². The van der Waals surface area contributed by atoms with Crippen molar-refractivity contribution in [2.24, 2.45) is 0 Å². The molecule has 1 unspecified atom stereocenters. The van der Waals surface area contributed by atoms with E-state index in [1.54, 1.807) is 0 Å². The monoisotopic (exact) mass is 246 g/mol. The molecule has 0 radical (unpaired) electrons. The summed E-state index contributed by atoms with van der Waals surface area (Å²) in [7, 11) is 0. The van der Waals surface area contributed by atoms with E-state index in [1.807, 2.05) is 0 Å². The molecule has 1 aromatic rings. The third-order valence-corrected chi connectivity index (χ3v) is 3.75. The Morgan fingerprint density at radius 3 is 2.50 bits per heavy atom. The Labute approximate surface area is 111 Å². The molecule has 1 saturated heterocycles. The molecule has 2 heteroatoms. The van der Waals surface area contributed by atoms with Gasteiger partial charge < -0.3 is 10.2 Å². The van der Waals surface area contributed by atoms with Gasteiger partial charge in [0.2, 0.25) is 0 Å². The van der Waals surface area contributed by atoms with Crippen molar-refractivity contribution in [3.8, 4) is 0 Å². The third-order valence-electron chi connectivity index (χ3n) is 3.75. The zero-order chi connectivity index (χ0) is 13.1. The Balaban J connectivity index is 2.13. The highest BCUT2D eigenvalue weighted by Crippen LogP contribution is 2.27. The summed E-state index contributed by atoms with van der Waals surface area (Å²) in [5.41, 5.74) is 4.26. The maximum absolute atomic E-state index is 3.68. The first-order valence-electron chi connectivity index (χ1n) is 7.15. The van der Waals surface area contributed by atoms with E-state index in [9.17, 15) is 0 Å². The molecule has 1 heterocycles. The van der Waals surface area contributed by atoms with Crippen LogP contribution in [0, 0.1) is 13.8 Å². The number of piperidine rings is 1. The summed E-state index contributed by atoms with van der Waals surface area (Å²) < 4.78 is 0. The molecule has 0 aromatic heterocycles. The second-order valence-electron chi connectivity index (χ2n) is 5.85. The highest BCUT2D eigenvalue weighted by molar-refractivity contribution is 5.59. The second kappa shape index (κ2) is 5.75. The summed E-state index contributed by atoms with van der Waals surface area (Å²) in [6.07, 6.45) is 2.60. The van der Waals surface area contributed by atoms with E-state index in [4.69, 9.17) is 0 Å². The molecule has 1 aliphatic heterocycles. The molecule has 1 aromatic carbocycles. The third kappa shape index (κ3) is 3.05. The van der Waals surface area contributed by atoms with Gasteiger partial charge in [0.1, 0.15) is 0 Å². The van der Waals surface area contributed by atoms with Gasteiger partial charge in [0.15, 0.2) is 0 Å². The maximum Gasteiger partial charge on any atom is 0.0426 e. The fourth-order valence-electron chi connectivity index (χ4n) is 3.09. The highest BCUT2D eigenvalue weighted by Gasteiger charge is 2.22. The van der Waals surface area contributed by atoms with Crippen LogP contribution in [0.1, 0.15) is 37.8 Å². The van der Waals surface area contributed by atoms with Gasteiger partial charge in [-0.3, -0.25) is 0 Å². The second-order valence-corrected chi connectivity index (χ2v) is 5.85. The number of anilines is 1. The molecule has 0 aliphatic carbocycles. The van der Waals surface area contributed by atoms with Crippen molar-refractivity contribution in [2.45, 2.75) is 52.6 Å². The van der Waals surface area contributed by atoms with Crippen molar-refractivity contribution in [2.75, 3.05) is 18.0 Å². The number of para-hydroxylation sites is 1. The minimum Gasteiger partial charge on any atom is -0.370 e. The lowest BCUT2D eigenvalue weighted by molar-refractivity contribution is 0.394. The van der Waals surface area contributed by atoms with Crippen molar-refractivity contribution >= 4 is 5.69 Å². The molecule has 0 saturated carbocycles. The predicted octanol–water partition coefficient (Wildman–Crippen LogP) is 3.27. The molecule has 1 fully saturated rings. The number of benzene rings is 1. The maximum atomic E-state index is 3.68. The average molecular weight is 246 g/mol. The summed E-state index contributed by atoms with van der Waals surface area (Å²) in [6, 6.07) is 7.82. The lowest BCUT2D eigenvalue weighted by Crippen LogP contribution is -2.48. The molecule has 1 aliphatic rings. The van der Waals surface area contributed by atoms with Crippen molar-refractivity contribution < 1.29 is 0 Å². The molecule has 2 rings (SSSR count). The van der Waals surface area contributed by atoms with E-state index in [0.717, 1.165) is 6.54 Å². The van der Waals surface area contributed by atoms with Crippen molar-refractivity contribution in [3.05, 3.63) is 29.3 Å². The van der Waals surface area contributed by atoms with Crippen LogP contribution >= 0.6 is 0 Å². The van der Waals surface area contributed by atoms with Gasteiger partial charge in [0.25, 0.3) is 0 Å². The Kier molecular flexibility index (Phi) is 4.28. The number of rotatable bonds is 3. The largest absolute Gasteiger partial charge is 0.370 e. The van der Waals surface area contributed by atoms with Crippen LogP contribution in [0.25, 0.3) is 0 Å². The zero-order valence-corrected chi connectivity index (χ0v) is 12.2. The average Bonchev–Trinajstić information content (AvgIpc) is 2.28. The van der Waals surface area contributed by atoms with E-state index >= 15 is 0 Å². The Hall–Kier alpha value is -1.02. The molecule has 2 nitrogen and oxygen atoms in total. The van der Waals surface area contributed by atoms with Gasteiger partial charge in [-0.25, -0.2) is 0 Å². The van der Waals surface area contributed by atoms with Gasteiger partial charge in [0.05, 0.1) is 0 Å². The Bertz CT molecular complexity index is 378. The molecule has 0 spiro atoms. The summed E-state index contributed by atoms with van der Waals surface area (Å²) in [6.45, 7) is 11.3. The molecule has 1 atom stereocenters. The zero-order valence-electron chi connectivity index (χ0n) is 12.2. The fourth-order valence-corrected chi connectivity index (χ4v) is 3.09. The minimum absolute atomic E-state index is 0.577. The van der Waals surface area contributed by atoms with Gasteiger partial charge in [-0.15, -0.1) is 0 Å². The molecular weight excluding hydrogens is 220 g/mol. The van der Waals surface area contributed by atoms with Gasteiger partial charge in [-0.05, 0) is 37.8 Å². The summed E-state index contributed by atoms with van der Waals surface area (Å²) in [5.74, 6) is 0. The molecule has 1 N–H and O–H groups in total. The smallest absolute Gasteiger partial charge is 0.0426 e. The summed E-state index contributed by atoms with van der Waals surface area (Å²) in [4.78, 5) is 2.56. The molecule has 0 bridgehead atoms. The molecule has 0 amide bonds. The number of nitrogens with one attached hydrogen (secondary N) is 1. The molecular formula is C16H26N2. The Morgan fingerprint density at radius 2 is 1.89 bits per heavy atom.